The molecule has 33 heavy (non-hydrogen) atoms. The Kier molecular flexibility index (Phi) is 6.09. The summed E-state index contributed by atoms with van der Waals surface area (Å²) in [6.45, 7) is 0.987. The lowest BCUT2D eigenvalue weighted by Gasteiger charge is -2.15. The number of halogens is 2. The average molecular weight is 488 g/mol. The number of carbonyl (C=O) groups is 1. The molecule has 1 aliphatic heterocycles. The summed E-state index contributed by atoms with van der Waals surface area (Å²) >= 11 is 6.92. The van der Waals surface area contributed by atoms with E-state index in [4.69, 9.17) is 25.7 Å². The zero-order chi connectivity index (χ0) is 22.9. The molecule has 1 N–H and O–H groups in total. The standard InChI is InChI=1S/C23H19ClFN3O4S/c24-16-10-13(7-8-17(16)25)26-19(29)12-33-23-27-20-15-5-1-2-6-18(15)32-21(20)22(30)28(23)11-14-4-3-9-31-14/h1-2,5-8,10,14H,3-4,9,11-12H2,(H,26,29). The number of anilines is 1. The first kappa shape index (κ1) is 21.9. The van der Waals surface area contributed by atoms with Gasteiger partial charge in [0, 0.05) is 17.7 Å². The zero-order valence-electron chi connectivity index (χ0n) is 17.3. The predicted molar refractivity (Wildman–Crippen MR) is 126 cm³/mol. The first-order valence-corrected chi connectivity index (χ1v) is 11.8. The summed E-state index contributed by atoms with van der Waals surface area (Å²) in [6.07, 6.45) is 1.69. The monoisotopic (exact) mass is 487 g/mol. The molecule has 3 heterocycles. The molecule has 1 fully saturated rings. The van der Waals surface area contributed by atoms with Crippen LogP contribution in [0.15, 0.2) is 56.8 Å². The molecule has 0 bridgehead atoms. The second-order valence-electron chi connectivity index (χ2n) is 7.69. The molecule has 0 saturated carbocycles. The molecule has 2 aromatic heterocycles. The first-order valence-electron chi connectivity index (χ1n) is 10.4. The second kappa shape index (κ2) is 9.17. The molecule has 1 aliphatic rings. The Bertz CT molecular complexity index is 1410. The van der Waals surface area contributed by atoms with Crippen LogP contribution in [0.1, 0.15) is 12.8 Å². The van der Waals surface area contributed by atoms with Gasteiger partial charge in [-0.05, 0) is 43.2 Å². The van der Waals surface area contributed by atoms with Crippen LogP contribution >= 0.6 is 23.4 Å². The minimum absolute atomic E-state index is 0.00570. The Balaban J connectivity index is 1.45. The average Bonchev–Trinajstić information content (AvgIpc) is 3.45. The van der Waals surface area contributed by atoms with Crippen LogP contribution in [-0.2, 0) is 16.1 Å². The maximum absolute atomic E-state index is 13.4. The van der Waals surface area contributed by atoms with Crippen LogP contribution in [0.25, 0.3) is 22.1 Å². The van der Waals surface area contributed by atoms with Crippen LogP contribution < -0.4 is 10.9 Å². The second-order valence-corrected chi connectivity index (χ2v) is 9.04. The number of rotatable bonds is 6. The van der Waals surface area contributed by atoms with Gasteiger partial charge in [0.15, 0.2) is 5.16 Å². The van der Waals surface area contributed by atoms with Crippen molar-refractivity contribution in [3.05, 3.63) is 63.7 Å². The summed E-state index contributed by atoms with van der Waals surface area (Å²) in [5.41, 5.74) is 1.30. The molecular formula is C23H19ClFN3O4S. The molecule has 0 aliphatic carbocycles. The SMILES string of the molecule is O=C(CSc1nc2c(oc3ccccc32)c(=O)n1CC1CCCO1)Nc1ccc(F)c(Cl)c1. The molecule has 2 aromatic carbocycles. The molecule has 1 saturated heterocycles. The van der Waals surface area contributed by atoms with Crippen LogP contribution in [0.4, 0.5) is 10.1 Å². The van der Waals surface area contributed by atoms with Gasteiger partial charge in [-0.2, -0.15) is 0 Å². The van der Waals surface area contributed by atoms with Crippen molar-refractivity contribution in [2.45, 2.75) is 30.6 Å². The van der Waals surface area contributed by atoms with E-state index >= 15 is 0 Å². The first-order chi connectivity index (χ1) is 16.0. The van der Waals surface area contributed by atoms with Gasteiger partial charge >= 0.3 is 0 Å². The van der Waals surface area contributed by atoms with Crippen molar-refractivity contribution < 1.29 is 18.3 Å². The Morgan fingerprint density at radius 2 is 2.15 bits per heavy atom. The number of ether oxygens (including phenoxy) is 1. The van der Waals surface area contributed by atoms with E-state index in [0.29, 0.717) is 35.1 Å². The van der Waals surface area contributed by atoms with Gasteiger partial charge in [-0.25, -0.2) is 9.37 Å². The molecule has 1 atom stereocenters. The number of hydrogen-bond acceptors (Lipinski definition) is 6. The van der Waals surface area contributed by atoms with Crippen molar-refractivity contribution in [3.63, 3.8) is 0 Å². The molecule has 0 radical (unpaired) electrons. The molecule has 170 valence electrons. The van der Waals surface area contributed by atoms with Crippen LogP contribution in [0.2, 0.25) is 5.02 Å². The number of furan rings is 1. The molecular weight excluding hydrogens is 469 g/mol. The highest BCUT2D eigenvalue weighted by atomic mass is 35.5. The summed E-state index contributed by atoms with van der Waals surface area (Å²) in [5.74, 6) is -0.904. The number of amides is 1. The van der Waals surface area contributed by atoms with Gasteiger partial charge < -0.3 is 14.5 Å². The third-order valence-electron chi connectivity index (χ3n) is 5.39. The van der Waals surface area contributed by atoms with E-state index in [1.54, 1.807) is 6.07 Å². The van der Waals surface area contributed by atoms with Crippen molar-refractivity contribution >= 4 is 57.0 Å². The van der Waals surface area contributed by atoms with Gasteiger partial charge in [-0.3, -0.25) is 14.2 Å². The Morgan fingerprint density at radius 1 is 1.30 bits per heavy atom. The fourth-order valence-corrected chi connectivity index (χ4v) is 4.80. The number of carbonyl (C=O) groups excluding carboxylic acids is 1. The number of nitrogens with zero attached hydrogens (tertiary/aromatic N) is 2. The number of benzene rings is 2. The van der Waals surface area contributed by atoms with E-state index < -0.39 is 5.82 Å². The quantitative estimate of drug-likeness (QED) is 0.309. The highest BCUT2D eigenvalue weighted by Gasteiger charge is 2.23. The maximum Gasteiger partial charge on any atom is 0.297 e. The predicted octanol–water partition coefficient (Wildman–Crippen LogP) is 4.85. The zero-order valence-corrected chi connectivity index (χ0v) is 18.9. The summed E-state index contributed by atoms with van der Waals surface area (Å²) in [5, 5.41) is 3.74. The molecule has 5 rings (SSSR count). The molecule has 1 unspecified atom stereocenters. The topological polar surface area (TPSA) is 86.4 Å². The Labute approximate surface area is 196 Å². The van der Waals surface area contributed by atoms with E-state index in [0.717, 1.165) is 30.0 Å². The number of fused-ring (bicyclic) bond motifs is 3. The van der Waals surface area contributed by atoms with Gasteiger partial charge in [0.2, 0.25) is 11.5 Å². The summed E-state index contributed by atoms with van der Waals surface area (Å²) < 4.78 is 26.4. The fourth-order valence-electron chi connectivity index (χ4n) is 3.82. The van der Waals surface area contributed by atoms with Crippen molar-refractivity contribution in [3.8, 4) is 0 Å². The van der Waals surface area contributed by atoms with Crippen LogP contribution in [0, 0.1) is 5.82 Å². The number of para-hydroxylation sites is 1. The van der Waals surface area contributed by atoms with Gasteiger partial charge in [0.1, 0.15) is 16.9 Å². The largest absolute Gasteiger partial charge is 0.448 e. The van der Waals surface area contributed by atoms with Crippen molar-refractivity contribution in [2.75, 3.05) is 17.7 Å². The lowest BCUT2D eigenvalue weighted by Crippen LogP contribution is -2.29. The van der Waals surface area contributed by atoms with Gasteiger partial charge in [0.25, 0.3) is 5.56 Å². The van der Waals surface area contributed by atoms with Gasteiger partial charge in [-0.1, -0.05) is 35.5 Å². The number of nitrogens with one attached hydrogen (secondary N) is 1. The molecule has 4 aromatic rings. The molecule has 10 heteroatoms. The maximum atomic E-state index is 13.4. The Morgan fingerprint density at radius 3 is 2.94 bits per heavy atom. The molecule has 7 nitrogen and oxygen atoms in total. The molecule has 1 amide bonds. The third kappa shape index (κ3) is 4.48. The number of hydrogen-bond donors (Lipinski definition) is 1. The summed E-state index contributed by atoms with van der Waals surface area (Å²) in [7, 11) is 0. The van der Waals surface area contributed by atoms with Gasteiger partial charge in [-0.15, -0.1) is 0 Å². The van der Waals surface area contributed by atoms with Crippen LogP contribution in [-0.4, -0.2) is 33.9 Å². The van der Waals surface area contributed by atoms with E-state index in [9.17, 15) is 14.0 Å². The lowest BCUT2D eigenvalue weighted by atomic mass is 10.2. The highest BCUT2D eigenvalue weighted by Crippen LogP contribution is 2.28. The third-order valence-corrected chi connectivity index (χ3v) is 6.66. The van der Waals surface area contributed by atoms with Crippen molar-refractivity contribution in [1.29, 1.82) is 0 Å². The summed E-state index contributed by atoms with van der Waals surface area (Å²) in [4.78, 5) is 30.5. The van der Waals surface area contributed by atoms with Gasteiger partial charge in [0.05, 0.1) is 23.4 Å². The van der Waals surface area contributed by atoms with E-state index in [2.05, 4.69) is 5.32 Å². The van der Waals surface area contributed by atoms with E-state index in [-0.39, 0.29) is 33.9 Å². The van der Waals surface area contributed by atoms with E-state index in [1.807, 2.05) is 18.2 Å². The highest BCUT2D eigenvalue weighted by molar-refractivity contribution is 7.99. The minimum Gasteiger partial charge on any atom is -0.448 e. The molecule has 0 spiro atoms. The van der Waals surface area contributed by atoms with E-state index in [1.165, 1.54) is 22.8 Å². The minimum atomic E-state index is -0.563. The smallest absolute Gasteiger partial charge is 0.297 e. The lowest BCUT2D eigenvalue weighted by molar-refractivity contribution is -0.113. The van der Waals surface area contributed by atoms with Crippen LogP contribution in [0.5, 0.6) is 0 Å². The van der Waals surface area contributed by atoms with Crippen LogP contribution in [0.3, 0.4) is 0 Å². The normalized spacial score (nSPS) is 16.0. The number of aromatic nitrogens is 2. The summed E-state index contributed by atoms with van der Waals surface area (Å²) in [6, 6.07) is 11.3. The van der Waals surface area contributed by atoms with Crippen molar-refractivity contribution in [2.24, 2.45) is 0 Å². The fraction of sp³-hybridized carbons (Fsp3) is 0.261. The number of thioether (sulfide) groups is 1. The van der Waals surface area contributed by atoms with Crippen molar-refractivity contribution in [1.82, 2.24) is 9.55 Å². The Hall–Kier alpha value is -2.88.